The number of carbonyl (C=O) groups excluding carboxylic acids is 1. The Labute approximate surface area is 176 Å². The normalized spacial score (nSPS) is 10.9. The minimum Gasteiger partial charge on any atom is -0.352 e. The molecule has 0 bridgehead atoms. The van der Waals surface area contributed by atoms with Crippen LogP contribution in [-0.4, -0.2) is 25.5 Å². The topological polar surface area (TPSA) is 64.7 Å². The average Bonchev–Trinajstić information content (AvgIpc) is 3.30. The molecule has 6 nitrogen and oxygen atoms in total. The fourth-order valence-corrected chi connectivity index (χ4v) is 3.58. The molecule has 2 heterocycles. The first-order chi connectivity index (χ1) is 14.5. The second-order valence-corrected chi connectivity index (χ2v) is 7.38. The van der Waals surface area contributed by atoms with E-state index in [1.807, 2.05) is 97.1 Å². The third-order valence-electron chi connectivity index (χ3n) is 5.33. The van der Waals surface area contributed by atoms with Crippen LogP contribution in [0.15, 0.2) is 66.9 Å². The Morgan fingerprint density at radius 1 is 0.967 bits per heavy atom. The Morgan fingerprint density at radius 2 is 1.63 bits per heavy atom. The van der Waals surface area contributed by atoms with E-state index in [9.17, 15) is 4.79 Å². The summed E-state index contributed by atoms with van der Waals surface area (Å²) in [5.41, 5.74) is 6.74. The summed E-state index contributed by atoms with van der Waals surface area (Å²) in [7, 11) is 1.90. The quantitative estimate of drug-likeness (QED) is 0.537. The molecule has 0 radical (unpaired) electrons. The Kier molecular flexibility index (Phi) is 5.48. The number of aryl methyl sites for hydroxylation is 2. The van der Waals surface area contributed by atoms with Gasteiger partial charge in [0.2, 0.25) is 5.91 Å². The highest BCUT2D eigenvalue weighted by molar-refractivity contribution is 5.79. The SMILES string of the molecule is Cc1nn(C)c(C)c1CC(=O)NCc1cn(-c2ccccc2)nc1-c1ccccc1. The lowest BCUT2D eigenvalue weighted by Gasteiger charge is -2.06. The number of nitrogens with one attached hydrogen (secondary N) is 1. The molecule has 30 heavy (non-hydrogen) atoms. The summed E-state index contributed by atoms with van der Waals surface area (Å²) >= 11 is 0. The van der Waals surface area contributed by atoms with E-state index in [2.05, 4.69) is 10.4 Å². The molecule has 1 N–H and O–H groups in total. The Hall–Kier alpha value is -3.67. The molecule has 1 amide bonds. The predicted molar refractivity (Wildman–Crippen MR) is 117 cm³/mol. The van der Waals surface area contributed by atoms with Gasteiger partial charge in [0, 0.05) is 42.2 Å². The molecule has 0 unspecified atom stereocenters. The van der Waals surface area contributed by atoms with Crippen LogP contribution in [0.4, 0.5) is 0 Å². The first kappa shape index (κ1) is 19.6. The number of benzene rings is 2. The van der Waals surface area contributed by atoms with Crippen LogP contribution < -0.4 is 5.32 Å². The summed E-state index contributed by atoms with van der Waals surface area (Å²) in [6, 6.07) is 20.0. The van der Waals surface area contributed by atoms with E-state index >= 15 is 0 Å². The van der Waals surface area contributed by atoms with Gasteiger partial charge in [-0.2, -0.15) is 10.2 Å². The number of carbonyl (C=O) groups is 1. The van der Waals surface area contributed by atoms with Crippen molar-refractivity contribution in [1.82, 2.24) is 24.9 Å². The Morgan fingerprint density at radius 3 is 2.27 bits per heavy atom. The van der Waals surface area contributed by atoms with Gasteiger partial charge in [0.05, 0.1) is 23.5 Å². The molecule has 0 aliphatic carbocycles. The minimum absolute atomic E-state index is 0.0272. The van der Waals surface area contributed by atoms with Gasteiger partial charge in [-0.3, -0.25) is 9.48 Å². The molecule has 0 aliphatic heterocycles. The van der Waals surface area contributed by atoms with Crippen LogP contribution in [0.25, 0.3) is 16.9 Å². The molecule has 2 aromatic heterocycles. The zero-order valence-electron chi connectivity index (χ0n) is 17.5. The number of rotatable bonds is 6. The molecule has 4 aromatic rings. The van der Waals surface area contributed by atoms with Crippen LogP contribution in [0.1, 0.15) is 22.5 Å². The van der Waals surface area contributed by atoms with Crippen LogP contribution in [0, 0.1) is 13.8 Å². The summed E-state index contributed by atoms with van der Waals surface area (Å²) in [6.45, 7) is 4.33. The summed E-state index contributed by atoms with van der Waals surface area (Å²) in [5.74, 6) is -0.0272. The van der Waals surface area contributed by atoms with E-state index in [-0.39, 0.29) is 5.91 Å². The van der Waals surface area contributed by atoms with Gasteiger partial charge < -0.3 is 5.32 Å². The average molecular weight is 399 g/mol. The number of hydrogen-bond donors (Lipinski definition) is 1. The third-order valence-corrected chi connectivity index (χ3v) is 5.33. The molecule has 0 fully saturated rings. The standard InChI is InChI=1S/C24H25N5O/c1-17-22(18(2)28(3)26-17)14-23(30)25-15-20-16-29(21-12-8-5-9-13-21)27-24(20)19-10-6-4-7-11-19/h4-13,16H,14-15H2,1-3H3,(H,25,30). The molecule has 0 aliphatic rings. The predicted octanol–water partition coefficient (Wildman–Crippen LogP) is 3.75. The van der Waals surface area contributed by atoms with Crippen LogP contribution >= 0.6 is 0 Å². The van der Waals surface area contributed by atoms with Crippen molar-refractivity contribution in [2.75, 3.05) is 0 Å². The van der Waals surface area contributed by atoms with Crippen molar-refractivity contribution in [2.24, 2.45) is 7.05 Å². The smallest absolute Gasteiger partial charge is 0.224 e. The van der Waals surface area contributed by atoms with E-state index in [4.69, 9.17) is 5.10 Å². The first-order valence-corrected chi connectivity index (χ1v) is 9.98. The molecule has 0 atom stereocenters. The molecule has 0 saturated heterocycles. The van der Waals surface area contributed by atoms with Crippen molar-refractivity contribution in [1.29, 1.82) is 0 Å². The van der Waals surface area contributed by atoms with Crippen molar-refractivity contribution >= 4 is 5.91 Å². The minimum atomic E-state index is -0.0272. The summed E-state index contributed by atoms with van der Waals surface area (Å²) in [4.78, 5) is 12.6. The van der Waals surface area contributed by atoms with Crippen molar-refractivity contribution in [3.8, 4) is 16.9 Å². The Bertz CT molecular complexity index is 1160. The Balaban J connectivity index is 1.57. The van der Waals surface area contributed by atoms with Gasteiger partial charge in [0.1, 0.15) is 0 Å². The maximum atomic E-state index is 12.6. The number of hydrogen-bond acceptors (Lipinski definition) is 3. The maximum Gasteiger partial charge on any atom is 0.224 e. The highest BCUT2D eigenvalue weighted by Gasteiger charge is 2.16. The molecule has 2 aromatic carbocycles. The second-order valence-electron chi connectivity index (χ2n) is 7.38. The number of amides is 1. The molecule has 152 valence electrons. The fourth-order valence-electron chi connectivity index (χ4n) is 3.58. The van der Waals surface area contributed by atoms with E-state index < -0.39 is 0 Å². The molecular formula is C24H25N5O. The van der Waals surface area contributed by atoms with Crippen LogP contribution in [0.2, 0.25) is 0 Å². The van der Waals surface area contributed by atoms with Crippen LogP contribution in [0.5, 0.6) is 0 Å². The largest absolute Gasteiger partial charge is 0.352 e. The summed E-state index contributed by atoms with van der Waals surface area (Å²) < 4.78 is 3.68. The van der Waals surface area contributed by atoms with E-state index in [0.29, 0.717) is 13.0 Å². The van der Waals surface area contributed by atoms with Gasteiger partial charge >= 0.3 is 0 Å². The van der Waals surface area contributed by atoms with Crippen LogP contribution in [0.3, 0.4) is 0 Å². The number of nitrogens with zero attached hydrogens (tertiary/aromatic N) is 4. The van der Waals surface area contributed by atoms with Crippen molar-refractivity contribution in [3.05, 3.63) is 89.4 Å². The lowest BCUT2D eigenvalue weighted by atomic mass is 10.1. The zero-order chi connectivity index (χ0) is 21.1. The second kappa shape index (κ2) is 8.37. The molecule has 4 rings (SSSR count). The van der Waals surface area contributed by atoms with Crippen molar-refractivity contribution in [3.63, 3.8) is 0 Å². The lowest BCUT2D eigenvalue weighted by molar-refractivity contribution is -0.120. The van der Waals surface area contributed by atoms with Crippen LogP contribution in [-0.2, 0) is 24.8 Å². The molecule has 0 saturated carbocycles. The molecule has 0 spiro atoms. The molecular weight excluding hydrogens is 374 g/mol. The van der Waals surface area contributed by atoms with Crippen molar-refractivity contribution < 1.29 is 4.79 Å². The number of para-hydroxylation sites is 1. The lowest BCUT2D eigenvalue weighted by Crippen LogP contribution is -2.25. The van der Waals surface area contributed by atoms with Gasteiger partial charge in [0.25, 0.3) is 0 Å². The summed E-state index contributed by atoms with van der Waals surface area (Å²) in [5, 5.41) is 12.2. The fraction of sp³-hybridized carbons (Fsp3) is 0.208. The number of aromatic nitrogens is 4. The van der Waals surface area contributed by atoms with Gasteiger partial charge in [-0.25, -0.2) is 4.68 Å². The highest BCUT2D eigenvalue weighted by Crippen LogP contribution is 2.23. The van der Waals surface area contributed by atoms with E-state index in [1.165, 1.54) is 0 Å². The van der Waals surface area contributed by atoms with Gasteiger partial charge in [0.15, 0.2) is 0 Å². The monoisotopic (exact) mass is 399 g/mol. The van der Waals surface area contributed by atoms with Gasteiger partial charge in [-0.05, 0) is 26.0 Å². The highest BCUT2D eigenvalue weighted by atomic mass is 16.1. The third kappa shape index (κ3) is 4.03. The van der Waals surface area contributed by atoms with E-state index in [0.717, 1.165) is 39.5 Å². The van der Waals surface area contributed by atoms with Crippen molar-refractivity contribution in [2.45, 2.75) is 26.8 Å². The zero-order valence-corrected chi connectivity index (χ0v) is 17.5. The van der Waals surface area contributed by atoms with Gasteiger partial charge in [-0.1, -0.05) is 48.5 Å². The van der Waals surface area contributed by atoms with Gasteiger partial charge in [-0.15, -0.1) is 0 Å². The van der Waals surface area contributed by atoms with E-state index in [1.54, 1.807) is 0 Å². The first-order valence-electron chi connectivity index (χ1n) is 9.98. The summed E-state index contributed by atoms with van der Waals surface area (Å²) in [6.07, 6.45) is 2.30. The maximum absolute atomic E-state index is 12.6. The molecule has 6 heteroatoms.